The van der Waals surface area contributed by atoms with Crippen molar-refractivity contribution in [2.75, 3.05) is 5.88 Å². The normalized spacial score (nSPS) is 32.9. The van der Waals surface area contributed by atoms with Crippen molar-refractivity contribution in [2.45, 2.75) is 57.4 Å². The first-order valence-electron chi connectivity index (χ1n) is 9.14. The molecular weight excluding hydrogens is 411 g/mol. The van der Waals surface area contributed by atoms with E-state index in [9.17, 15) is 19.2 Å². The van der Waals surface area contributed by atoms with Crippen LogP contribution in [0, 0.1) is 11.8 Å². The van der Waals surface area contributed by atoms with E-state index in [0.717, 1.165) is 16.8 Å². The van der Waals surface area contributed by atoms with E-state index in [4.69, 9.17) is 25.8 Å². The highest BCUT2D eigenvalue weighted by Gasteiger charge is 2.93. The van der Waals surface area contributed by atoms with Gasteiger partial charge in [0.25, 0.3) is 5.56 Å². The Kier molecular flexibility index (Phi) is 5.37. The first-order chi connectivity index (χ1) is 13.5. The smallest absolute Gasteiger partial charge is 0.330 e. The molecule has 1 aromatic heterocycles. The van der Waals surface area contributed by atoms with Crippen molar-refractivity contribution in [3.63, 3.8) is 0 Å². The summed E-state index contributed by atoms with van der Waals surface area (Å²) < 4.78 is 33.1. The molecule has 2 heterocycles. The number of alkyl halides is 2. The molecule has 0 spiro atoms. The van der Waals surface area contributed by atoms with Crippen LogP contribution in [0.2, 0.25) is 0 Å². The Morgan fingerprint density at radius 1 is 1.28 bits per heavy atom. The third kappa shape index (κ3) is 3.09. The van der Waals surface area contributed by atoms with Gasteiger partial charge in [-0.25, -0.2) is 9.18 Å². The van der Waals surface area contributed by atoms with E-state index >= 15 is 4.39 Å². The molecule has 29 heavy (non-hydrogen) atoms. The maximum atomic E-state index is 15.7. The standard InChI is InChI=1S/C18H22ClFN2O7/c1-8(2)13(24)27-15-17(7-19)18(15,29-14(25)9(3)4)11(20)12(28-17)22-6-5-10(23)21-16(22)26/h5-6,8-9,11-12,15H,7H2,1-4H3,(H,21,23,26)/t11-,12+,15?,17+,18+/m0/s1. The van der Waals surface area contributed by atoms with Crippen LogP contribution in [0.3, 0.4) is 0 Å². The summed E-state index contributed by atoms with van der Waals surface area (Å²) in [5, 5.41) is 0. The summed E-state index contributed by atoms with van der Waals surface area (Å²) >= 11 is 6.06. The molecule has 160 valence electrons. The number of hydrogen-bond donors (Lipinski definition) is 1. The number of hydrogen-bond acceptors (Lipinski definition) is 7. The number of H-pyrrole nitrogens is 1. The molecule has 1 aliphatic heterocycles. The zero-order valence-corrected chi connectivity index (χ0v) is 17.1. The number of nitrogens with one attached hydrogen (secondary N) is 1. The Morgan fingerprint density at radius 3 is 2.41 bits per heavy atom. The Bertz CT molecular complexity index is 945. The van der Waals surface area contributed by atoms with Crippen LogP contribution in [0.4, 0.5) is 4.39 Å². The van der Waals surface area contributed by atoms with Crippen molar-refractivity contribution in [1.29, 1.82) is 0 Å². The van der Waals surface area contributed by atoms with Gasteiger partial charge in [0, 0.05) is 12.3 Å². The van der Waals surface area contributed by atoms with Gasteiger partial charge in [-0.15, -0.1) is 11.6 Å². The molecule has 2 fully saturated rings. The Labute approximate surface area is 170 Å². The predicted octanol–water partition coefficient (Wildman–Crippen LogP) is 0.900. The van der Waals surface area contributed by atoms with Gasteiger partial charge >= 0.3 is 17.6 Å². The number of fused-ring (bicyclic) bond motifs is 1. The Hall–Kier alpha value is -2.20. The zero-order valence-electron chi connectivity index (χ0n) is 16.3. The molecule has 1 N–H and O–H groups in total. The number of rotatable bonds is 6. The molecule has 2 aliphatic rings. The number of ether oxygens (including phenoxy) is 3. The maximum Gasteiger partial charge on any atom is 0.330 e. The van der Waals surface area contributed by atoms with Crippen LogP contribution in [-0.4, -0.2) is 50.8 Å². The number of aromatic amines is 1. The van der Waals surface area contributed by atoms with Crippen LogP contribution < -0.4 is 11.2 Å². The van der Waals surface area contributed by atoms with Gasteiger partial charge in [0.2, 0.25) is 5.60 Å². The van der Waals surface area contributed by atoms with Crippen molar-refractivity contribution in [2.24, 2.45) is 11.8 Å². The molecule has 1 unspecified atom stereocenters. The fourth-order valence-electron chi connectivity index (χ4n) is 3.43. The number of nitrogens with zero attached hydrogens (tertiary/aromatic N) is 1. The van der Waals surface area contributed by atoms with Gasteiger partial charge in [-0.3, -0.25) is 23.9 Å². The van der Waals surface area contributed by atoms with Crippen molar-refractivity contribution in [3.05, 3.63) is 33.1 Å². The summed E-state index contributed by atoms with van der Waals surface area (Å²) in [5.74, 6) is -2.84. The summed E-state index contributed by atoms with van der Waals surface area (Å²) in [5.41, 5.74) is -5.23. The molecule has 1 aromatic rings. The van der Waals surface area contributed by atoms with E-state index in [1.165, 1.54) is 0 Å². The van der Waals surface area contributed by atoms with Gasteiger partial charge in [0.15, 0.2) is 24.1 Å². The molecule has 1 saturated heterocycles. The number of aromatic nitrogens is 2. The lowest BCUT2D eigenvalue weighted by molar-refractivity contribution is -0.172. The van der Waals surface area contributed by atoms with E-state index < -0.39 is 64.7 Å². The summed E-state index contributed by atoms with van der Waals surface area (Å²) in [4.78, 5) is 49.8. The zero-order chi connectivity index (χ0) is 21.7. The number of esters is 2. The van der Waals surface area contributed by atoms with Crippen LogP contribution in [-0.2, 0) is 23.8 Å². The Morgan fingerprint density at radius 2 is 1.90 bits per heavy atom. The van der Waals surface area contributed by atoms with Crippen LogP contribution >= 0.6 is 11.6 Å². The van der Waals surface area contributed by atoms with E-state index in [1.807, 2.05) is 4.98 Å². The molecule has 1 saturated carbocycles. The fourth-order valence-corrected chi connectivity index (χ4v) is 3.85. The number of halogens is 2. The summed E-state index contributed by atoms with van der Waals surface area (Å²) in [6, 6.07) is 1.03. The van der Waals surface area contributed by atoms with E-state index in [2.05, 4.69) is 0 Å². The highest BCUT2D eigenvalue weighted by atomic mass is 35.5. The van der Waals surface area contributed by atoms with E-state index in [1.54, 1.807) is 27.7 Å². The maximum absolute atomic E-state index is 15.7. The molecule has 0 amide bonds. The molecule has 1 aliphatic carbocycles. The lowest BCUT2D eigenvalue weighted by atomic mass is 10.1. The molecule has 5 atom stereocenters. The second kappa shape index (κ2) is 7.24. The molecule has 3 rings (SSSR count). The van der Waals surface area contributed by atoms with Crippen LogP contribution in [0.1, 0.15) is 33.9 Å². The minimum Gasteiger partial charge on any atom is -0.454 e. The van der Waals surface area contributed by atoms with Gasteiger partial charge in [0.1, 0.15) is 0 Å². The first kappa shape index (κ1) is 21.5. The lowest BCUT2D eigenvalue weighted by Crippen LogP contribution is -2.43. The SMILES string of the molecule is CC(C)C(=O)OC1[C@@]2(CCl)O[C@@H](n3ccc(=O)[nH]c3=O)[C@H](F)[C@@]12OC(=O)C(C)C. The first-order valence-corrected chi connectivity index (χ1v) is 9.68. The largest absolute Gasteiger partial charge is 0.454 e. The monoisotopic (exact) mass is 432 g/mol. The van der Waals surface area contributed by atoms with Gasteiger partial charge in [-0.2, -0.15) is 0 Å². The average molecular weight is 433 g/mol. The molecule has 0 radical (unpaired) electrons. The molecule has 0 bridgehead atoms. The van der Waals surface area contributed by atoms with E-state index in [-0.39, 0.29) is 5.88 Å². The quantitative estimate of drug-likeness (QED) is 0.524. The molecule has 11 heteroatoms. The summed E-state index contributed by atoms with van der Waals surface area (Å²) in [6.07, 6.45) is -3.82. The Balaban J connectivity index is 2.03. The van der Waals surface area contributed by atoms with Crippen molar-refractivity contribution < 1.29 is 28.2 Å². The van der Waals surface area contributed by atoms with Crippen molar-refractivity contribution in [3.8, 4) is 0 Å². The third-order valence-electron chi connectivity index (χ3n) is 5.15. The summed E-state index contributed by atoms with van der Waals surface area (Å²) in [7, 11) is 0. The second-order valence-corrected chi connectivity index (χ2v) is 8.06. The topological polar surface area (TPSA) is 117 Å². The third-order valence-corrected chi connectivity index (χ3v) is 5.55. The van der Waals surface area contributed by atoms with E-state index in [0.29, 0.717) is 0 Å². The van der Waals surface area contributed by atoms with Crippen LogP contribution in [0.5, 0.6) is 0 Å². The van der Waals surface area contributed by atoms with Gasteiger partial charge in [0.05, 0.1) is 17.7 Å². The highest BCUT2D eigenvalue weighted by molar-refractivity contribution is 6.19. The minimum absolute atomic E-state index is 0.358. The molecular formula is C18H22ClFN2O7. The molecule has 9 nitrogen and oxygen atoms in total. The highest BCUT2D eigenvalue weighted by Crippen LogP contribution is 2.67. The average Bonchev–Trinajstić information content (AvgIpc) is 3.08. The van der Waals surface area contributed by atoms with Gasteiger partial charge < -0.3 is 14.2 Å². The van der Waals surface area contributed by atoms with Gasteiger partial charge in [-0.1, -0.05) is 27.7 Å². The van der Waals surface area contributed by atoms with Gasteiger partial charge in [-0.05, 0) is 0 Å². The lowest BCUT2D eigenvalue weighted by Gasteiger charge is -2.25. The fraction of sp³-hybridized carbons (Fsp3) is 0.667. The predicted molar refractivity (Wildman–Crippen MR) is 98.2 cm³/mol. The van der Waals surface area contributed by atoms with Crippen molar-refractivity contribution >= 4 is 23.5 Å². The molecule has 0 aromatic carbocycles. The minimum atomic E-state index is -2.09. The second-order valence-electron chi connectivity index (χ2n) is 7.79. The number of carbonyl (C=O) groups excluding carboxylic acids is 2. The van der Waals surface area contributed by atoms with Crippen LogP contribution in [0.15, 0.2) is 21.9 Å². The number of carbonyl (C=O) groups is 2. The summed E-state index contributed by atoms with van der Waals surface area (Å²) in [6.45, 7) is 6.31. The van der Waals surface area contributed by atoms with Crippen LogP contribution in [0.25, 0.3) is 0 Å². The van der Waals surface area contributed by atoms with Crippen molar-refractivity contribution in [1.82, 2.24) is 9.55 Å².